The fraction of sp³-hybridized carbons (Fsp3) is 0.0566. The van der Waals surface area contributed by atoms with Crippen LogP contribution in [0.1, 0.15) is 25.0 Å². The Bertz CT molecular complexity index is 3410. The van der Waals surface area contributed by atoms with E-state index in [1.165, 1.54) is 47.9 Å². The van der Waals surface area contributed by atoms with Crippen molar-refractivity contribution in [2.45, 2.75) is 19.3 Å². The third-order valence-electron chi connectivity index (χ3n) is 12.8. The highest BCUT2D eigenvalue weighted by atomic mass is 28.3. The van der Waals surface area contributed by atoms with E-state index in [-0.39, 0.29) is 5.41 Å². The number of imidazole rings is 1. The second-order valence-electron chi connectivity index (χ2n) is 16.2. The first kappa shape index (κ1) is 33.8. The van der Waals surface area contributed by atoms with Crippen molar-refractivity contribution in [1.29, 1.82) is 0 Å². The normalized spacial score (nSPS) is 13.5. The lowest BCUT2D eigenvalue weighted by Crippen LogP contribution is -2.74. The molecule has 12 rings (SSSR count). The predicted molar refractivity (Wildman–Crippen MR) is 245 cm³/mol. The molecule has 0 amide bonds. The summed E-state index contributed by atoms with van der Waals surface area (Å²) in [4.78, 5) is 10.0. The van der Waals surface area contributed by atoms with Gasteiger partial charge in [-0.2, -0.15) is 0 Å². The number of hydrogen-bond acceptors (Lipinski definition) is 3. The summed E-state index contributed by atoms with van der Waals surface area (Å²) >= 11 is 0. The Labute approximate surface area is 342 Å². The predicted octanol–water partition coefficient (Wildman–Crippen LogP) is 9.94. The zero-order valence-corrected chi connectivity index (χ0v) is 33.7. The maximum absolute atomic E-state index is 6.71. The highest BCUT2D eigenvalue weighted by Crippen LogP contribution is 2.52. The van der Waals surface area contributed by atoms with E-state index >= 15 is 0 Å². The molecule has 7 aromatic carbocycles. The number of para-hydroxylation sites is 2. The van der Waals surface area contributed by atoms with E-state index in [1.807, 2.05) is 18.5 Å². The molecule has 0 spiro atoms. The van der Waals surface area contributed by atoms with Gasteiger partial charge in [0.05, 0.1) is 16.6 Å². The summed E-state index contributed by atoms with van der Waals surface area (Å²) in [6.07, 6.45) is 5.89. The standard InChI is InChI=1S/C53H38N4OSi/c1-53(2)44-20-10-12-22-47(44)58-48-29-28-42-41-27-25-38(34-46(41)57(51(42)50(48)53)49-23-13-14-30-54-49)59(35-15-5-3-6-16-35,36-17-7-4-8-18-36)37-24-26-39-40-19-9-11-21-45(40)56-32-31-55-52(56)43(39)33-37/h3-34H,1-2H3. The zero-order chi connectivity index (χ0) is 39.3. The molecule has 0 saturated carbocycles. The van der Waals surface area contributed by atoms with E-state index in [9.17, 15) is 0 Å². The Kier molecular flexibility index (Phi) is 7.23. The summed E-state index contributed by atoms with van der Waals surface area (Å²) in [6.45, 7) is 4.64. The highest BCUT2D eigenvalue weighted by molar-refractivity contribution is 7.20. The second-order valence-corrected chi connectivity index (χ2v) is 20.0. The van der Waals surface area contributed by atoms with Crippen LogP contribution in [0.3, 0.4) is 0 Å². The van der Waals surface area contributed by atoms with Gasteiger partial charge in [0.2, 0.25) is 0 Å². The summed E-state index contributed by atoms with van der Waals surface area (Å²) in [6, 6.07) is 64.5. The van der Waals surface area contributed by atoms with E-state index in [2.05, 4.69) is 199 Å². The Morgan fingerprint density at radius 3 is 1.93 bits per heavy atom. The van der Waals surface area contributed by atoms with Gasteiger partial charge in [0.25, 0.3) is 0 Å². The minimum absolute atomic E-state index is 0.340. The first-order valence-electron chi connectivity index (χ1n) is 20.2. The molecule has 11 aromatic rings. The van der Waals surface area contributed by atoms with Crippen molar-refractivity contribution in [3.63, 3.8) is 0 Å². The third-order valence-corrected chi connectivity index (χ3v) is 17.6. The van der Waals surface area contributed by atoms with Gasteiger partial charge in [-0.05, 0) is 68.6 Å². The van der Waals surface area contributed by atoms with Crippen LogP contribution < -0.4 is 25.5 Å². The quantitative estimate of drug-likeness (QED) is 0.0994. The van der Waals surface area contributed by atoms with Gasteiger partial charge in [-0.1, -0.05) is 147 Å². The molecule has 5 nitrogen and oxygen atoms in total. The minimum Gasteiger partial charge on any atom is -0.457 e. The molecule has 1 aliphatic rings. The van der Waals surface area contributed by atoms with Crippen LogP contribution in [0.25, 0.3) is 54.9 Å². The minimum atomic E-state index is -3.04. The van der Waals surface area contributed by atoms with E-state index in [4.69, 9.17) is 14.7 Å². The Hall–Kier alpha value is -7.28. The molecule has 0 fully saturated rings. The van der Waals surface area contributed by atoms with Gasteiger partial charge in [-0.15, -0.1) is 0 Å². The molecule has 4 aromatic heterocycles. The fourth-order valence-corrected chi connectivity index (χ4v) is 15.0. The van der Waals surface area contributed by atoms with E-state index in [0.29, 0.717) is 0 Å². The summed E-state index contributed by atoms with van der Waals surface area (Å²) in [5.41, 5.74) is 6.36. The first-order valence-corrected chi connectivity index (χ1v) is 22.2. The number of nitrogens with zero attached hydrogens (tertiary/aromatic N) is 4. The van der Waals surface area contributed by atoms with Crippen molar-refractivity contribution in [1.82, 2.24) is 18.9 Å². The molecule has 0 bridgehead atoms. The number of rotatable bonds is 5. The lowest BCUT2D eigenvalue weighted by atomic mass is 9.75. The maximum atomic E-state index is 6.71. The molecule has 0 aliphatic carbocycles. The third kappa shape index (κ3) is 4.72. The smallest absolute Gasteiger partial charge is 0.179 e. The van der Waals surface area contributed by atoms with Gasteiger partial charge in [0, 0.05) is 56.7 Å². The largest absolute Gasteiger partial charge is 0.457 e. The number of fused-ring (bicyclic) bond motifs is 12. The molecule has 59 heavy (non-hydrogen) atoms. The van der Waals surface area contributed by atoms with Crippen LogP contribution in [-0.2, 0) is 5.41 Å². The number of pyridine rings is 2. The van der Waals surface area contributed by atoms with Crippen LogP contribution in [0.2, 0.25) is 0 Å². The number of hydrogen-bond donors (Lipinski definition) is 0. The summed E-state index contributed by atoms with van der Waals surface area (Å²) in [5.74, 6) is 2.66. The van der Waals surface area contributed by atoms with Crippen molar-refractivity contribution < 1.29 is 4.74 Å². The van der Waals surface area contributed by atoms with Crippen molar-refractivity contribution in [2.75, 3.05) is 0 Å². The van der Waals surface area contributed by atoms with Gasteiger partial charge in [0.15, 0.2) is 8.07 Å². The van der Waals surface area contributed by atoms with Crippen LogP contribution in [0.4, 0.5) is 0 Å². The Morgan fingerprint density at radius 1 is 0.492 bits per heavy atom. The molecule has 0 saturated heterocycles. The topological polar surface area (TPSA) is 44.4 Å². The van der Waals surface area contributed by atoms with Crippen LogP contribution >= 0.6 is 0 Å². The monoisotopic (exact) mass is 774 g/mol. The lowest BCUT2D eigenvalue weighted by Gasteiger charge is -2.35. The average Bonchev–Trinajstić information content (AvgIpc) is 3.92. The highest BCUT2D eigenvalue weighted by Gasteiger charge is 2.43. The SMILES string of the molecule is CC1(C)c2ccccc2Oc2ccc3c4ccc([Si](c5ccccc5)(c5ccccc5)c5ccc6c7ccccc7n7ccnc7c6c5)cc4n(-c4ccccn4)c3c21. The van der Waals surface area contributed by atoms with E-state index in [0.717, 1.165) is 50.5 Å². The molecule has 0 unspecified atom stereocenters. The van der Waals surface area contributed by atoms with Gasteiger partial charge >= 0.3 is 0 Å². The zero-order valence-electron chi connectivity index (χ0n) is 32.7. The van der Waals surface area contributed by atoms with Crippen LogP contribution in [0.5, 0.6) is 11.5 Å². The number of benzene rings is 7. The Morgan fingerprint density at radius 2 is 1.15 bits per heavy atom. The first-order chi connectivity index (χ1) is 29.0. The van der Waals surface area contributed by atoms with Crippen molar-refractivity contribution in [2.24, 2.45) is 0 Å². The summed E-state index contributed by atoms with van der Waals surface area (Å²) in [5, 5.41) is 11.1. The lowest BCUT2D eigenvalue weighted by molar-refractivity contribution is 0.420. The van der Waals surface area contributed by atoms with Crippen LogP contribution in [0.15, 0.2) is 195 Å². The molecule has 0 N–H and O–H groups in total. The maximum Gasteiger partial charge on any atom is 0.179 e. The van der Waals surface area contributed by atoms with Gasteiger partial charge in [0.1, 0.15) is 23.0 Å². The van der Waals surface area contributed by atoms with E-state index < -0.39 is 8.07 Å². The second kappa shape index (κ2) is 12.6. The summed E-state index contributed by atoms with van der Waals surface area (Å²) in [7, 11) is -3.04. The van der Waals surface area contributed by atoms with Gasteiger partial charge < -0.3 is 4.74 Å². The van der Waals surface area contributed by atoms with Gasteiger partial charge in [-0.3, -0.25) is 8.97 Å². The molecule has 0 atom stereocenters. The van der Waals surface area contributed by atoms with Crippen molar-refractivity contribution >= 4 is 77.9 Å². The van der Waals surface area contributed by atoms with Crippen LogP contribution in [-0.4, -0.2) is 27.0 Å². The van der Waals surface area contributed by atoms with E-state index in [1.54, 1.807) is 0 Å². The number of aromatic nitrogens is 4. The molecule has 5 heterocycles. The Balaban J connectivity index is 1.22. The molecule has 6 heteroatoms. The average molecular weight is 775 g/mol. The fourth-order valence-electron chi connectivity index (χ4n) is 10.2. The summed E-state index contributed by atoms with van der Waals surface area (Å²) < 4.78 is 11.3. The molecule has 280 valence electrons. The molecular weight excluding hydrogens is 737 g/mol. The van der Waals surface area contributed by atoms with Crippen molar-refractivity contribution in [3.05, 3.63) is 206 Å². The van der Waals surface area contributed by atoms with Crippen LogP contribution in [0, 0.1) is 0 Å². The van der Waals surface area contributed by atoms with Gasteiger partial charge in [-0.25, -0.2) is 9.97 Å². The van der Waals surface area contributed by atoms with Crippen molar-refractivity contribution in [3.8, 4) is 17.3 Å². The number of ether oxygens (including phenoxy) is 1. The molecule has 0 radical (unpaired) electrons. The molecule has 1 aliphatic heterocycles. The molecular formula is C53H38N4OSi.